The van der Waals surface area contributed by atoms with Gasteiger partial charge in [0.25, 0.3) is 0 Å². The van der Waals surface area contributed by atoms with Crippen molar-refractivity contribution in [3.8, 4) is 0 Å². The molecule has 104 valence electrons. The standard InChI is InChI=1S/C12H11ClN4O3/c1-14-11-5-4-8(13)9(15-11)7-16-6-2-3-10(12(16)18)17(19)20/h2-6H,7H2,1H3,(H,14,15). The third-order valence-corrected chi connectivity index (χ3v) is 3.04. The summed E-state index contributed by atoms with van der Waals surface area (Å²) in [5.74, 6) is 0.600. The average molecular weight is 295 g/mol. The van der Waals surface area contributed by atoms with Crippen LogP contribution in [-0.4, -0.2) is 21.5 Å². The third-order valence-electron chi connectivity index (χ3n) is 2.69. The van der Waals surface area contributed by atoms with Crippen molar-refractivity contribution >= 4 is 23.1 Å². The maximum absolute atomic E-state index is 11.9. The predicted octanol–water partition coefficient (Wildman–Crippen LogP) is 1.89. The van der Waals surface area contributed by atoms with Crippen LogP contribution in [0.2, 0.25) is 5.02 Å². The Kier molecular flexibility index (Phi) is 3.99. The van der Waals surface area contributed by atoms with Crippen molar-refractivity contribution in [1.82, 2.24) is 9.55 Å². The molecule has 0 bridgehead atoms. The summed E-state index contributed by atoms with van der Waals surface area (Å²) in [6, 6.07) is 5.95. The molecule has 1 N–H and O–H groups in total. The van der Waals surface area contributed by atoms with Gasteiger partial charge in [-0.1, -0.05) is 11.6 Å². The van der Waals surface area contributed by atoms with Gasteiger partial charge < -0.3 is 9.88 Å². The van der Waals surface area contributed by atoms with E-state index in [4.69, 9.17) is 11.6 Å². The van der Waals surface area contributed by atoms with Gasteiger partial charge in [-0.25, -0.2) is 4.98 Å². The molecule has 2 rings (SSSR count). The lowest BCUT2D eigenvalue weighted by Crippen LogP contribution is -2.22. The number of hydrogen-bond donors (Lipinski definition) is 1. The van der Waals surface area contributed by atoms with Crippen molar-refractivity contribution in [3.05, 3.63) is 61.6 Å². The average Bonchev–Trinajstić information content (AvgIpc) is 2.43. The van der Waals surface area contributed by atoms with Crippen LogP contribution in [0.1, 0.15) is 5.69 Å². The van der Waals surface area contributed by atoms with Crippen LogP contribution in [0.4, 0.5) is 11.5 Å². The number of nitrogens with zero attached hydrogens (tertiary/aromatic N) is 3. The highest BCUT2D eigenvalue weighted by molar-refractivity contribution is 6.31. The van der Waals surface area contributed by atoms with Crippen molar-refractivity contribution in [2.24, 2.45) is 0 Å². The molecule has 0 amide bonds. The Morgan fingerprint density at radius 2 is 2.20 bits per heavy atom. The molecule has 0 aliphatic heterocycles. The van der Waals surface area contributed by atoms with Crippen LogP contribution >= 0.6 is 11.6 Å². The number of anilines is 1. The summed E-state index contributed by atoms with van der Waals surface area (Å²) in [5.41, 5.74) is -0.709. The predicted molar refractivity (Wildman–Crippen MR) is 75.3 cm³/mol. The largest absolute Gasteiger partial charge is 0.373 e. The van der Waals surface area contributed by atoms with Gasteiger partial charge in [0.15, 0.2) is 0 Å². The first-order valence-corrected chi connectivity index (χ1v) is 6.07. The van der Waals surface area contributed by atoms with Gasteiger partial charge in [0.05, 0.1) is 22.2 Å². The zero-order valence-electron chi connectivity index (χ0n) is 10.5. The molecule has 2 heterocycles. The molecule has 2 aromatic heterocycles. The second-order valence-electron chi connectivity index (χ2n) is 3.96. The molecule has 8 heteroatoms. The lowest BCUT2D eigenvalue weighted by atomic mass is 10.3. The minimum Gasteiger partial charge on any atom is -0.373 e. The Bertz CT molecular complexity index is 714. The molecule has 0 atom stereocenters. The summed E-state index contributed by atoms with van der Waals surface area (Å²) in [7, 11) is 1.71. The first-order valence-electron chi connectivity index (χ1n) is 5.70. The van der Waals surface area contributed by atoms with Crippen molar-refractivity contribution in [2.75, 3.05) is 12.4 Å². The van der Waals surface area contributed by atoms with Crippen molar-refractivity contribution in [1.29, 1.82) is 0 Å². The number of nitrogens with one attached hydrogen (secondary N) is 1. The van der Waals surface area contributed by atoms with Gasteiger partial charge in [-0.15, -0.1) is 0 Å². The van der Waals surface area contributed by atoms with Crippen molar-refractivity contribution in [2.45, 2.75) is 6.54 Å². The van der Waals surface area contributed by atoms with Crippen LogP contribution in [0.15, 0.2) is 35.3 Å². The minimum absolute atomic E-state index is 0.0644. The van der Waals surface area contributed by atoms with E-state index in [-0.39, 0.29) is 6.54 Å². The molecule has 0 spiro atoms. The fraction of sp³-hybridized carbons (Fsp3) is 0.167. The van der Waals surface area contributed by atoms with E-state index in [0.717, 1.165) is 6.07 Å². The van der Waals surface area contributed by atoms with E-state index in [0.29, 0.717) is 16.5 Å². The van der Waals surface area contributed by atoms with Crippen LogP contribution in [0.5, 0.6) is 0 Å². The summed E-state index contributed by atoms with van der Waals surface area (Å²) in [5, 5.41) is 14.0. The van der Waals surface area contributed by atoms with Crippen LogP contribution in [0.25, 0.3) is 0 Å². The summed E-state index contributed by atoms with van der Waals surface area (Å²) in [6.07, 6.45) is 1.46. The highest BCUT2D eigenvalue weighted by Gasteiger charge is 2.14. The number of pyridine rings is 2. The topological polar surface area (TPSA) is 90.1 Å². The molecule has 0 unspecified atom stereocenters. The second kappa shape index (κ2) is 5.70. The molecule has 0 aliphatic carbocycles. The van der Waals surface area contributed by atoms with Gasteiger partial charge in [0.2, 0.25) is 0 Å². The van der Waals surface area contributed by atoms with Crippen LogP contribution in [-0.2, 0) is 6.54 Å². The summed E-state index contributed by atoms with van der Waals surface area (Å²) in [4.78, 5) is 26.2. The molecule has 0 fully saturated rings. The second-order valence-corrected chi connectivity index (χ2v) is 4.37. The highest BCUT2D eigenvalue weighted by Crippen LogP contribution is 2.17. The Hall–Kier alpha value is -2.41. The van der Waals surface area contributed by atoms with E-state index < -0.39 is 16.2 Å². The molecule has 0 saturated carbocycles. The van der Waals surface area contributed by atoms with Gasteiger partial charge >= 0.3 is 11.2 Å². The fourth-order valence-electron chi connectivity index (χ4n) is 1.68. The number of rotatable bonds is 4. The Morgan fingerprint density at radius 1 is 1.45 bits per heavy atom. The lowest BCUT2D eigenvalue weighted by Gasteiger charge is -2.08. The zero-order valence-corrected chi connectivity index (χ0v) is 11.3. The monoisotopic (exact) mass is 294 g/mol. The molecule has 0 saturated heterocycles. The van der Waals surface area contributed by atoms with Crippen molar-refractivity contribution < 1.29 is 4.92 Å². The van der Waals surface area contributed by atoms with E-state index in [9.17, 15) is 14.9 Å². The Balaban J connectivity index is 2.43. The summed E-state index contributed by atoms with van der Waals surface area (Å²) < 4.78 is 1.20. The van der Waals surface area contributed by atoms with Gasteiger partial charge in [-0.2, -0.15) is 0 Å². The quantitative estimate of drug-likeness (QED) is 0.687. The first-order chi connectivity index (χ1) is 9.52. The van der Waals surface area contributed by atoms with Crippen LogP contribution in [0, 0.1) is 10.1 Å². The molecular weight excluding hydrogens is 284 g/mol. The number of hydrogen-bond acceptors (Lipinski definition) is 5. The maximum atomic E-state index is 11.9. The van der Waals surface area contributed by atoms with E-state index in [1.165, 1.54) is 16.8 Å². The van der Waals surface area contributed by atoms with Gasteiger partial charge in [0, 0.05) is 19.3 Å². The molecule has 20 heavy (non-hydrogen) atoms. The smallest absolute Gasteiger partial charge is 0.334 e. The number of nitro groups is 1. The Morgan fingerprint density at radius 3 is 2.85 bits per heavy atom. The minimum atomic E-state index is -0.710. The molecule has 0 aliphatic rings. The SMILES string of the molecule is CNc1ccc(Cl)c(Cn2cccc([N+](=O)[O-])c2=O)n1. The summed E-state index contributed by atoms with van der Waals surface area (Å²) in [6.45, 7) is 0.0644. The maximum Gasteiger partial charge on any atom is 0.334 e. The van der Waals surface area contributed by atoms with Crippen LogP contribution < -0.4 is 10.9 Å². The molecular formula is C12H11ClN4O3. The molecule has 7 nitrogen and oxygen atoms in total. The van der Waals surface area contributed by atoms with Gasteiger partial charge in [-0.3, -0.25) is 14.9 Å². The van der Waals surface area contributed by atoms with E-state index in [1.54, 1.807) is 19.2 Å². The highest BCUT2D eigenvalue weighted by atomic mass is 35.5. The van der Waals surface area contributed by atoms with E-state index >= 15 is 0 Å². The third kappa shape index (κ3) is 2.77. The van der Waals surface area contributed by atoms with Crippen molar-refractivity contribution in [3.63, 3.8) is 0 Å². The van der Waals surface area contributed by atoms with Crippen LogP contribution in [0.3, 0.4) is 0 Å². The zero-order chi connectivity index (χ0) is 14.7. The Labute approximate surface area is 119 Å². The first kappa shape index (κ1) is 14.0. The normalized spacial score (nSPS) is 10.3. The molecule has 0 aromatic carbocycles. The van der Waals surface area contributed by atoms with E-state index in [1.807, 2.05) is 0 Å². The molecule has 0 radical (unpaired) electrons. The van der Waals surface area contributed by atoms with Gasteiger partial charge in [-0.05, 0) is 18.2 Å². The number of aromatic nitrogens is 2. The summed E-state index contributed by atoms with van der Waals surface area (Å²) >= 11 is 6.02. The fourth-order valence-corrected chi connectivity index (χ4v) is 1.85. The van der Waals surface area contributed by atoms with E-state index in [2.05, 4.69) is 10.3 Å². The number of halogens is 1. The lowest BCUT2D eigenvalue weighted by molar-refractivity contribution is -0.386. The van der Waals surface area contributed by atoms with Gasteiger partial charge in [0.1, 0.15) is 5.82 Å². The molecule has 2 aromatic rings.